The Bertz CT molecular complexity index is 1180. The SMILES string of the molecule is Oc1ccccc1N1C=CN(Oc2cccc(N(c3ccccc3)c3ccccc3)n2)C1. The van der Waals surface area contributed by atoms with Gasteiger partial charge >= 0.3 is 0 Å². The van der Waals surface area contributed by atoms with Crippen LogP contribution in [0.15, 0.2) is 116 Å². The first-order valence-corrected chi connectivity index (χ1v) is 10.3. The molecular weight excluding hydrogens is 400 g/mol. The van der Waals surface area contributed by atoms with Crippen molar-refractivity contribution in [1.29, 1.82) is 0 Å². The molecule has 2 heterocycles. The Morgan fingerprint density at radius 1 is 0.719 bits per heavy atom. The number of phenolic OH excluding ortho intramolecular Hbond substituents is 1. The minimum Gasteiger partial charge on any atom is -0.506 e. The molecule has 158 valence electrons. The highest BCUT2D eigenvalue weighted by molar-refractivity contribution is 5.74. The van der Waals surface area contributed by atoms with Gasteiger partial charge in [0, 0.05) is 23.6 Å². The molecule has 0 saturated heterocycles. The van der Waals surface area contributed by atoms with Crippen LogP contribution in [0, 0.1) is 0 Å². The van der Waals surface area contributed by atoms with E-state index in [4.69, 9.17) is 9.82 Å². The Hall–Kier alpha value is -4.45. The van der Waals surface area contributed by atoms with E-state index < -0.39 is 0 Å². The molecule has 1 aromatic heterocycles. The zero-order valence-electron chi connectivity index (χ0n) is 17.3. The number of rotatable bonds is 6. The molecule has 0 spiro atoms. The summed E-state index contributed by atoms with van der Waals surface area (Å²) in [6.45, 7) is 0.435. The van der Waals surface area contributed by atoms with E-state index in [2.05, 4.69) is 29.2 Å². The van der Waals surface area contributed by atoms with Crippen LogP contribution in [0.4, 0.5) is 22.9 Å². The molecule has 32 heavy (non-hydrogen) atoms. The molecule has 0 aliphatic carbocycles. The molecule has 6 nitrogen and oxygen atoms in total. The number of aromatic nitrogens is 1. The maximum Gasteiger partial charge on any atom is 0.248 e. The van der Waals surface area contributed by atoms with Crippen molar-refractivity contribution in [2.24, 2.45) is 0 Å². The van der Waals surface area contributed by atoms with Gasteiger partial charge < -0.3 is 14.8 Å². The van der Waals surface area contributed by atoms with E-state index in [9.17, 15) is 5.11 Å². The van der Waals surface area contributed by atoms with Crippen LogP contribution >= 0.6 is 0 Å². The average Bonchev–Trinajstić information content (AvgIpc) is 3.29. The number of hydrogen-bond donors (Lipinski definition) is 1. The normalized spacial score (nSPS) is 12.8. The van der Waals surface area contributed by atoms with Gasteiger partial charge in [0.05, 0.1) is 11.9 Å². The molecule has 0 atom stereocenters. The summed E-state index contributed by atoms with van der Waals surface area (Å²) in [5, 5.41) is 11.8. The van der Waals surface area contributed by atoms with Crippen molar-refractivity contribution >= 4 is 22.9 Å². The maximum atomic E-state index is 10.1. The van der Waals surface area contributed by atoms with E-state index in [1.807, 2.05) is 84.0 Å². The first-order chi connectivity index (χ1) is 15.8. The molecule has 0 radical (unpaired) electrons. The Balaban J connectivity index is 1.38. The van der Waals surface area contributed by atoms with E-state index in [0.29, 0.717) is 12.5 Å². The van der Waals surface area contributed by atoms with Gasteiger partial charge in [-0.15, -0.1) is 0 Å². The number of benzene rings is 3. The number of anilines is 4. The number of pyridine rings is 1. The van der Waals surface area contributed by atoms with Gasteiger partial charge in [0.2, 0.25) is 5.88 Å². The van der Waals surface area contributed by atoms with Crippen LogP contribution in [-0.2, 0) is 0 Å². The molecule has 3 aromatic carbocycles. The molecule has 5 rings (SSSR count). The zero-order chi connectivity index (χ0) is 21.8. The van der Waals surface area contributed by atoms with E-state index in [-0.39, 0.29) is 5.75 Å². The van der Waals surface area contributed by atoms with Crippen LogP contribution in [0.5, 0.6) is 11.6 Å². The van der Waals surface area contributed by atoms with Crippen molar-refractivity contribution in [1.82, 2.24) is 10.0 Å². The highest BCUT2D eigenvalue weighted by atomic mass is 16.7. The molecule has 0 bridgehead atoms. The first kappa shape index (κ1) is 19.5. The van der Waals surface area contributed by atoms with Gasteiger partial charge in [0.25, 0.3) is 0 Å². The lowest BCUT2D eigenvalue weighted by Crippen LogP contribution is -2.28. The van der Waals surface area contributed by atoms with Crippen molar-refractivity contribution in [3.05, 3.63) is 116 Å². The van der Waals surface area contributed by atoms with Gasteiger partial charge in [-0.1, -0.05) is 54.6 Å². The maximum absolute atomic E-state index is 10.1. The lowest BCUT2D eigenvalue weighted by molar-refractivity contribution is -0.00167. The lowest BCUT2D eigenvalue weighted by atomic mass is 10.2. The largest absolute Gasteiger partial charge is 0.506 e. The number of para-hydroxylation sites is 4. The van der Waals surface area contributed by atoms with Crippen LogP contribution in [0.1, 0.15) is 0 Å². The van der Waals surface area contributed by atoms with E-state index >= 15 is 0 Å². The smallest absolute Gasteiger partial charge is 0.248 e. The minimum absolute atomic E-state index is 0.223. The molecule has 0 fully saturated rings. The zero-order valence-corrected chi connectivity index (χ0v) is 17.3. The fourth-order valence-electron chi connectivity index (χ4n) is 3.59. The average molecular weight is 422 g/mol. The molecule has 0 saturated carbocycles. The van der Waals surface area contributed by atoms with E-state index in [0.717, 1.165) is 22.9 Å². The highest BCUT2D eigenvalue weighted by Crippen LogP contribution is 2.34. The summed E-state index contributed by atoms with van der Waals surface area (Å²) in [5.41, 5.74) is 2.74. The van der Waals surface area contributed by atoms with Crippen molar-refractivity contribution in [2.75, 3.05) is 16.5 Å². The van der Waals surface area contributed by atoms with Gasteiger partial charge in [-0.25, -0.2) is 0 Å². The summed E-state index contributed by atoms with van der Waals surface area (Å²) in [5.74, 6) is 1.45. The molecule has 1 aliphatic heterocycles. The van der Waals surface area contributed by atoms with Crippen molar-refractivity contribution in [3.8, 4) is 11.6 Å². The monoisotopic (exact) mass is 422 g/mol. The Morgan fingerprint density at radius 2 is 1.38 bits per heavy atom. The van der Waals surface area contributed by atoms with Crippen LogP contribution in [-0.4, -0.2) is 21.8 Å². The predicted octanol–water partition coefficient (Wildman–Crippen LogP) is 5.80. The molecule has 6 heteroatoms. The second-order valence-electron chi connectivity index (χ2n) is 7.25. The van der Waals surface area contributed by atoms with Gasteiger partial charge in [0.1, 0.15) is 18.2 Å². The second-order valence-corrected chi connectivity index (χ2v) is 7.25. The third kappa shape index (κ3) is 4.06. The summed E-state index contributed by atoms with van der Waals surface area (Å²) in [6, 6.07) is 33.2. The molecule has 0 amide bonds. The van der Waals surface area contributed by atoms with Crippen LogP contribution in [0.2, 0.25) is 0 Å². The molecule has 4 aromatic rings. The lowest BCUT2D eigenvalue weighted by Gasteiger charge is -2.25. The quantitative estimate of drug-likeness (QED) is 0.424. The molecule has 0 unspecified atom stereocenters. The summed E-state index contributed by atoms with van der Waals surface area (Å²) in [6.07, 6.45) is 3.67. The Morgan fingerprint density at radius 3 is 2.06 bits per heavy atom. The standard InChI is InChI=1S/C26H22N4O2/c31-24-15-8-7-14-23(24)28-18-19-29(20-28)32-26-17-9-16-25(27-26)30(21-10-3-1-4-11-21)22-12-5-2-6-13-22/h1-19,31H,20H2. The third-order valence-corrected chi connectivity index (χ3v) is 5.07. The summed E-state index contributed by atoms with van der Waals surface area (Å²) in [7, 11) is 0. The van der Waals surface area contributed by atoms with Gasteiger partial charge in [0.15, 0.2) is 0 Å². The summed E-state index contributed by atoms with van der Waals surface area (Å²) < 4.78 is 0. The second kappa shape index (κ2) is 8.73. The number of hydroxylamine groups is 2. The van der Waals surface area contributed by atoms with Gasteiger partial charge in [-0.2, -0.15) is 10.0 Å². The first-order valence-electron chi connectivity index (χ1n) is 10.3. The highest BCUT2D eigenvalue weighted by Gasteiger charge is 2.19. The molecule has 1 N–H and O–H groups in total. The number of phenols is 1. The number of aromatic hydroxyl groups is 1. The minimum atomic E-state index is 0.223. The van der Waals surface area contributed by atoms with Crippen LogP contribution < -0.4 is 14.6 Å². The molecular formula is C26H22N4O2. The van der Waals surface area contributed by atoms with Crippen molar-refractivity contribution in [2.45, 2.75) is 0 Å². The van der Waals surface area contributed by atoms with Gasteiger partial charge in [-0.3, -0.25) is 4.90 Å². The Kier molecular flexibility index (Phi) is 5.32. The molecule has 1 aliphatic rings. The third-order valence-electron chi connectivity index (χ3n) is 5.07. The van der Waals surface area contributed by atoms with Crippen molar-refractivity contribution < 1.29 is 9.94 Å². The summed E-state index contributed by atoms with van der Waals surface area (Å²) in [4.78, 5) is 14.8. The van der Waals surface area contributed by atoms with Crippen LogP contribution in [0.25, 0.3) is 0 Å². The van der Waals surface area contributed by atoms with Gasteiger partial charge in [-0.05, 0) is 42.5 Å². The Labute approximate surface area is 186 Å². The van der Waals surface area contributed by atoms with E-state index in [1.165, 1.54) is 0 Å². The summed E-state index contributed by atoms with van der Waals surface area (Å²) >= 11 is 0. The fourth-order valence-corrected chi connectivity index (χ4v) is 3.59. The number of nitrogens with zero attached hydrogens (tertiary/aromatic N) is 4. The predicted molar refractivity (Wildman–Crippen MR) is 126 cm³/mol. The van der Waals surface area contributed by atoms with E-state index in [1.54, 1.807) is 17.2 Å². The van der Waals surface area contributed by atoms with Crippen LogP contribution in [0.3, 0.4) is 0 Å². The topological polar surface area (TPSA) is 52.1 Å². The van der Waals surface area contributed by atoms with Crippen molar-refractivity contribution in [3.63, 3.8) is 0 Å². The fraction of sp³-hybridized carbons (Fsp3) is 0.0385. The number of hydrogen-bond acceptors (Lipinski definition) is 6.